The molecule has 2 N–H and O–H groups in total. The van der Waals surface area contributed by atoms with Crippen LogP contribution in [0.2, 0.25) is 0 Å². The molecule has 0 bridgehead atoms. The molecule has 0 aliphatic carbocycles. The summed E-state index contributed by atoms with van der Waals surface area (Å²) in [6.07, 6.45) is 3.82. The zero-order valence-electron chi connectivity index (χ0n) is 10.7. The molecule has 1 heterocycles. The molecule has 1 atom stereocenters. The molecule has 1 aromatic rings. The van der Waals surface area contributed by atoms with Crippen LogP contribution in [0.25, 0.3) is 0 Å². The minimum Gasteiger partial charge on any atom is -0.504 e. The molecule has 1 aromatic carbocycles. The van der Waals surface area contributed by atoms with Crippen LogP contribution in [0.3, 0.4) is 0 Å². The van der Waals surface area contributed by atoms with Crippen molar-refractivity contribution in [3.05, 3.63) is 23.8 Å². The van der Waals surface area contributed by atoms with Gasteiger partial charge in [0.2, 0.25) is 0 Å². The van der Waals surface area contributed by atoms with E-state index in [0.717, 1.165) is 32.2 Å². The normalized spacial score (nSPS) is 18.8. The van der Waals surface area contributed by atoms with E-state index in [1.54, 1.807) is 0 Å². The van der Waals surface area contributed by atoms with Gasteiger partial charge in [-0.2, -0.15) is 0 Å². The third kappa shape index (κ3) is 3.13. The minimum atomic E-state index is -0.262. The van der Waals surface area contributed by atoms with Crippen LogP contribution in [0.5, 0.6) is 11.5 Å². The monoisotopic (exact) mass is 283 g/mol. The largest absolute Gasteiger partial charge is 0.504 e. The highest BCUT2D eigenvalue weighted by Crippen LogP contribution is 2.28. The standard InChI is InChI=1S/C14H18ClNO3/c15-7-1-3-11-4-2-8-16(11)14(19)10-5-6-12(17)13(18)9-10/h5-6,9,11,17-18H,1-4,7-8H2. The van der Waals surface area contributed by atoms with Gasteiger partial charge in [0.05, 0.1) is 0 Å². The Morgan fingerprint density at radius 2 is 2.16 bits per heavy atom. The molecule has 1 saturated heterocycles. The number of hydrogen-bond acceptors (Lipinski definition) is 3. The van der Waals surface area contributed by atoms with Crippen LogP contribution < -0.4 is 0 Å². The smallest absolute Gasteiger partial charge is 0.254 e. The van der Waals surface area contributed by atoms with Gasteiger partial charge in [-0.15, -0.1) is 11.6 Å². The summed E-state index contributed by atoms with van der Waals surface area (Å²) in [5, 5.41) is 18.7. The number of rotatable bonds is 4. The zero-order valence-corrected chi connectivity index (χ0v) is 11.4. The van der Waals surface area contributed by atoms with Crippen molar-refractivity contribution in [1.82, 2.24) is 4.90 Å². The van der Waals surface area contributed by atoms with Crippen molar-refractivity contribution in [3.8, 4) is 11.5 Å². The molecule has 0 saturated carbocycles. The molecule has 1 unspecified atom stereocenters. The highest BCUT2D eigenvalue weighted by Gasteiger charge is 2.29. The van der Waals surface area contributed by atoms with E-state index in [9.17, 15) is 15.0 Å². The van der Waals surface area contributed by atoms with Gasteiger partial charge in [-0.3, -0.25) is 4.79 Å². The summed E-state index contributed by atoms with van der Waals surface area (Å²) >= 11 is 5.70. The lowest BCUT2D eigenvalue weighted by Crippen LogP contribution is -2.35. The number of phenolic OH excluding ortho intramolecular Hbond substituents is 2. The molecule has 0 radical (unpaired) electrons. The van der Waals surface area contributed by atoms with Crippen LogP contribution in [0, 0.1) is 0 Å². The van der Waals surface area contributed by atoms with Crippen molar-refractivity contribution in [2.75, 3.05) is 12.4 Å². The van der Waals surface area contributed by atoms with Gasteiger partial charge in [0.1, 0.15) is 0 Å². The van der Waals surface area contributed by atoms with Gasteiger partial charge >= 0.3 is 0 Å². The predicted molar refractivity (Wildman–Crippen MR) is 73.8 cm³/mol. The summed E-state index contributed by atoms with van der Waals surface area (Å²) < 4.78 is 0. The minimum absolute atomic E-state index is 0.0904. The lowest BCUT2D eigenvalue weighted by molar-refractivity contribution is 0.0729. The molecule has 2 rings (SSSR count). The van der Waals surface area contributed by atoms with Crippen LogP contribution in [0.15, 0.2) is 18.2 Å². The Morgan fingerprint density at radius 1 is 1.37 bits per heavy atom. The number of hydrogen-bond donors (Lipinski definition) is 2. The van der Waals surface area contributed by atoms with Crippen molar-refractivity contribution in [2.45, 2.75) is 31.7 Å². The summed E-state index contributed by atoms with van der Waals surface area (Å²) in [5.74, 6) is 0.0461. The maximum atomic E-state index is 12.4. The van der Waals surface area contributed by atoms with Gasteiger partial charge in [0, 0.05) is 24.0 Å². The highest BCUT2D eigenvalue weighted by molar-refractivity contribution is 6.17. The molecule has 0 spiro atoms. The fraction of sp³-hybridized carbons (Fsp3) is 0.500. The Kier molecular flexibility index (Phi) is 4.53. The van der Waals surface area contributed by atoms with Crippen molar-refractivity contribution >= 4 is 17.5 Å². The second-order valence-corrected chi connectivity index (χ2v) is 5.21. The Morgan fingerprint density at radius 3 is 2.84 bits per heavy atom. The second-order valence-electron chi connectivity index (χ2n) is 4.83. The predicted octanol–water partition coefficient (Wildman–Crippen LogP) is 2.72. The summed E-state index contributed by atoms with van der Waals surface area (Å²) in [5.41, 5.74) is 0.410. The number of carbonyl (C=O) groups excluding carboxylic acids is 1. The number of halogens is 1. The van der Waals surface area contributed by atoms with Crippen molar-refractivity contribution < 1.29 is 15.0 Å². The number of amides is 1. The Bertz CT molecular complexity index is 464. The molecule has 0 aromatic heterocycles. The van der Waals surface area contributed by atoms with Gasteiger partial charge in [0.25, 0.3) is 5.91 Å². The number of benzene rings is 1. The first-order valence-corrected chi connectivity index (χ1v) is 7.06. The highest BCUT2D eigenvalue weighted by atomic mass is 35.5. The third-order valence-electron chi connectivity index (χ3n) is 3.53. The Hall–Kier alpha value is -1.42. The van der Waals surface area contributed by atoms with Crippen LogP contribution >= 0.6 is 11.6 Å². The fourth-order valence-corrected chi connectivity index (χ4v) is 2.69. The van der Waals surface area contributed by atoms with E-state index in [0.29, 0.717) is 11.4 Å². The lowest BCUT2D eigenvalue weighted by Gasteiger charge is -2.24. The number of phenols is 2. The topological polar surface area (TPSA) is 60.8 Å². The molecule has 19 heavy (non-hydrogen) atoms. The fourth-order valence-electron chi connectivity index (χ4n) is 2.54. The number of alkyl halides is 1. The molecular weight excluding hydrogens is 266 g/mol. The summed E-state index contributed by atoms with van der Waals surface area (Å²) in [7, 11) is 0. The third-order valence-corrected chi connectivity index (χ3v) is 3.80. The van der Waals surface area contributed by atoms with Crippen LogP contribution in [-0.2, 0) is 0 Å². The van der Waals surface area contributed by atoms with Gasteiger partial charge in [0.15, 0.2) is 11.5 Å². The quantitative estimate of drug-likeness (QED) is 0.660. The molecule has 1 aliphatic rings. The molecule has 4 nitrogen and oxygen atoms in total. The Balaban J connectivity index is 2.11. The first-order chi connectivity index (χ1) is 9.13. The molecular formula is C14H18ClNO3. The number of likely N-dealkylation sites (tertiary alicyclic amines) is 1. The molecule has 104 valence electrons. The zero-order chi connectivity index (χ0) is 13.8. The van der Waals surface area contributed by atoms with E-state index >= 15 is 0 Å². The first-order valence-electron chi connectivity index (χ1n) is 6.52. The van der Waals surface area contributed by atoms with Crippen LogP contribution in [0.4, 0.5) is 0 Å². The molecule has 1 amide bonds. The van der Waals surface area contributed by atoms with Crippen LogP contribution in [0.1, 0.15) is 36.0 Å². The van der Waals surface area contributed by atoms with Crippen molar-refractivity contribution in [1.29, 1.82) is 0 Å². The number of nitrogens with zero attached hydrogens (tertiary/aromatic N) is 1. The maximum Gasteiger partial charge on any atom is 0.254 e. The number of aromatic hydroxyl groups is 2. The van der Waals surface area contributed by atoms with Gasteiger partial charge in [-0.05, 0) is 43.9 Å². The van der Waals surface area contributed by atoms with Crippen molar-refractivity contribution in [2.24, 2.45) is 0 Å². The van der Waals surface area contributed by atoms with E-state index in [-0.39, 0.29) is 23.4 Å². The maximum absolute atomic E-state index is 12.4. The average Bonchev–Trinajstić information content (AvgIpc) is 2.87. The van der Waals surface area contributed by atoms with Crippen LogP contribution in [-0.4, -0.2) is 39.5 Å². The second kappa shape index (κ2) is 6.15. The van der Waals surface area contributed by atoms with Gasteiger partial charge < -0.3 is 15.1 Å². The first kappa shape index (κ1) is 14.0. The van der Waals surface area contributed by atoms with Crippen molar-refractivity contribution in [3.63, 3.8) is 0 Å². The van der Waals surface area contributed by atoms with E-state index in [2.05, 4.69) is 0 Å². The lowest BCUT2D eigenvalue weighted by atomic mass is 10.1. The van der Waals surface area contributed by atoms with E-state index in [1.807, 2.05) is 4.90 Å². The summed E-state index contributed by atoms with van der Waals surface area (Å²) in [6, 6.07) is 4.43. The SMILES string of the molecule is O=C(c1ccc(O)c(O)c1)N1CCCC1CCCCl. The summed E-state index contributed by atoms with van der Waals surface area (Å²) in [6.45, 7) is 0.743. The molecule has 5 heteroatoms. The van der Waals surface area contributed by atoms with E-state index in [1.165, 1.54) is 18.2 Å². The molecule has 1 aliphatic heterocycles. The van der Waals surface area contributed by atoms with E-state index in [4.69, 9.17) is 11.6 Å². The summed E-state index contributed by atoms with van der Waals surface area (Å²) in [4.78, 5) is 14.2. The Labute approximate surface area is 117 Å². The van der Waals surface area contributed by atoms with Gasteiger partial charge in [-0.25, -0.2) is 0 Å². The van der Waals surface area contributed by atoms with E-state index < -0.39 is 0 Å². The average molecular weight is 284 g/mol. The number of carbonyl (C=O) groups is 1. The van der Waals surface area contributed by atoms with Gasteiger partial charge in [-0.1, -0.05) is 0 Å². The molecule has 1 fully saturated rings.